The van der Waals surface area contributed by atoms with Crippen molar-refractivity contribution in [1.82, 2.24) is 4.98 Å². The van der Waals surface area contributed by atoms with Crippen molar-refractivity contribution in [3.8, 4) is 22.4 Å². The second-order valence-corrected chi connectivity index (χ2v) is 11.8. The Morgan fingerprint density at radius 1 is 0.744 bits per heavy atom. The number of esters is 1. The van der Waals surface area contributed by atoms with E-state index in [4.69, 9.17) is 9.72 Å². The van der Waals surface area contributed by atoms with Crippen molar-refractivity contribution in [3.05, 3.63) is 132 Å². The monoisotopic (exact) mass is 578 g/mol. The Kier molecular flexibility index (Phi) is 6.96. The number of hydrogen-bond acceptors (Lipinski definition) is 5. The molecule has 4 nitrogen and oxygen atoms in total. The van der Waals surface area contributed by atoms with Crippen LogP contribution < -0.4 is 4.90 Å². The molecule has 1 aliphatic rings. The fourth-order valence-electron chi connectivity index (χ4n) is 5.74. The van der Waals surface area contributed by atoms with Crippen LogP contribution in [0.1, 0.15) is 28.4 Å². The third kappa shape index (κ3) is 4.86. The number of rotatable bonds is 5. The number of aromatic nitrogens is 1. The molecule has 1 aromatic heterocycles. The maximum atomic E-state index is 12.3. The molecule has 0 aliphatic carbocycles. The van der Waals surface area contributed by atoms with Gasteiger partial charge in [-0.3, -0.25) is 0 Å². The predicted molar refractivity (Wildman–Crippen MR) is 177 cm³/mol. The highest BCUT2D eigenvalue weighted by molar-refractivity contribution is 7.99. The van der Waals surface area contributed by atoms with Crippen LogP contribution >= 0.6 is 11.8 Å². The molecule has 0 N–H and O–H groups in total. The summed E-state index contributed by atoms with van der Waals surface area (Å²) in [5.74, 6) is -0.320. The number of fused-ring (bicyclic) bond motifs is 3. The molecule has 0 saturated carbocycles. The number of benzene rings is 5. The van der Waals surface area contributed by atoms with Gasteiger partial charge in [0.15, 0.2) is 0 Å². The first-order valence-corrected chi connectivity index (χ1v) is 15.3. The van der Waals surface area contributed by atoms with E-state index in [1.807, 2.05) is 31.2 Å². The Bertz CT molecular complexity index is 1950. The number of nitrogens with zero attached hydrogens (tertiary/aromatic N) is 2. The first kappa shape index (κ1) is 27.0. The third-order valence-electron chi connectivity index (χ3n) is 7.88. The first-order chi connectivity index (χ1) is 21.0. The van der Waals surface area contributed by atoms with E-state index in [1.54, 1.807) is 11.8 Å². The number of anilines is 3. The number of ether oxygens (including phenoxy) is 1. The SMILES string of the molecule is CCOC(=O)c1ccc(-c2cc(-c3ccc(C)cc3)c3c(C)ccc(N4c5ccccc5Sc5ccccc54)c3n2)cc1. The average Bonchev–Trinajstić information content (AvgIpc) is 3.04. The van der Waals surface area contributed by atoms with Crippen molar-refractivity contribution < 1.29 is 9.53 Å². The lowest BCUT2D eigenvalue weighted by Crippen LogP contribution is -2.15. The Morgan fingerprint density at radius 3 is 2.02 bits per heavy atom. The quantitative estimate of drug-likeness (QED) is 0.190. The number of carbonyl (C=O) groups excluding carboxylic acids is 1. The number of aryl methyl sites for hydroxylation is 2. The molecule has 5 heteroatoms. The fraction of sp³-hybridized carbons (Fsp3) is 0.105. The predicted octanol–water partition coefficient (Wildman–Crippen LogP) is 10.3. The van der Waals surface area contributed by atoms with Gasteiger partial charge in [0.25, 0.3) is 0 Å². The minimum absolute atomic E-state index is 0.320. The molecule has 2 heterocycles. The molecule has 6 aromatic rings. The summed E-state index contributed by atoms with van der Waals surface area (Å²) in [6.45, 7) is 6.43. The Morgan fingerprint density at radius 2 is 1.37 bits per heavy atom. The zero-order valence-corrected chi connectivity index (χ0v) is 25.1. The van der Waals surface area contributed by atoms with E-state index in [0.717, 1.165) is 50.3 Å². The van der Waals surface area contributed by atoms with Crippen LogP contribution in [0.5, 0.6) is 0 Å². The van der Waals surface area contributed by atoms with E-state index < -0.39 is 0 Å². The summed E-state index contributed by atoms with van der Waals surface area (Å²) < 4.78 is 5.21. The van der Waals surface area contributed by atoms with E-state index in [-0.39, 0.29) is 5.97 Å². The molecule has 0 bridgehead atoms. The number of hydrogen-bond donors (Lipinski definition) is 0. The Hall–Kier alpha value is -4.87. The average molecular weight is 579 g/mol. The smallest absolute Gasteiger partial charge is 0.338 e. The van der Waals surface area contributed by atoms with E-state index in [2.05, 4.69) is 110 Å². The second-order valence-electron chi connectivity index (χ2n) is 10.7. The highest BCUT2D eigenvalue weighted by Crippen LogP contribution is 2.53. The van der Waals surface area contributed by atoms with Crippen molar-refractivity contribution in [3.63, 3.8) is 0 Å². The first-order valence-electron chi connectivity index (χ1n) is 14.5. The van der Waals surface area contributed by atoms with E-state index >= 15 is 0 Å². The Balaban J connectivity index is 1.50. The van der Waals surface area contributed by atoms with Gasteiger partial charge in [0.2, 0.25) is 0 Å². The normalized spacial score (nSPS) is 12.1. The van der Waals surface area contributed by atoms with Gasteiger partial charge in [-0.25, -0.2) is 9.78 Å². The van der Waals surface area contributed by atoms with Gasteiger partial charge in [-0.15, -0.1) is 0 Å². The van der Waals surface area contributed by atoms with E-state index in [9.17, 15) is 4.79 Å². The zero-order chi connectivity index (χ0) is 29.5. The number of para-hydroxylation sites is 2. The molecule has 0 saturated heterocycles. The van der Waals surface area contributed by atoms with Crippen LogP contribution in [0, 0.1) is 13.8 Å². The van der Waals surface area contributed by atoms with Crippen molar-refractivity contribution in [2.75, 3.05) is 11.5 Å². The number of pyridine rings is 1. The van der Waals surface area contributed by atoms with Crippen LogP contribution in [-0.4, -0.2) is 17.6 Å². The lowest BCUT2D eigenvalue weighted by Gasteiger charge is -2.33. The summed E-state index contributed by atoms with van der Waals surface area (Å²) >= 11 is 1.80. The van der Waals surface area contributed by atoms with Gasteiger partial charge in [0.05, 0.1) is 40.4 Å². The van der Waals surface area contributed by atoms with Gasteiger partial charge in [-0.2, -0.15) is 0 Å². The molecule has 43 heavy (non-hydrogen) atoms. The molecular formula is C38H30N2O2S. The third-order valence-corrected chi connectivity index (χ3v) is 9.01. The van der Waals surface area contributed by atoms with Crippen molar-refractivity contribution in [1.29, 1.82) is 0 Å². The topological polar surface area (TPSA) is 42.4 Å². The van der Waals surface area contributed by atoms with Crippen LogP contribution in [0.15, 0.2) is 125 Å². The molecule has 210 valence electrons. The van der Waals surface area contributed by atoms with Crippen LogP contribution in [0.3, 0.4) is 0 Å². The largest absolute Gasteiger partial charge is 0.462 e. The summed E-state index contributed by atoms with van der Waals surface area (Å²) in [6, 6.07) is 39.9. The molecule has 0 atom stereocenters. The van der Waals surface area contributed by atoms with Gasteiger partial charge in [0.1, 0.15) is 0 Å². The van der Waals surface area contributed by atoms with Crippen molar-refractivity contribution in [2.45, 2.75) is 30.6 Å². The Labute approximate surface area is 256 Å². The molecule has 0 radical (unpaired) electrons. The minimum Gasteiger partial charge on any atom is -0.462 e. The van der Waals surface area contributed by atoms with E-state index in [1.165, 1.54) is 20.9 Å². The van der Waals surface area contributed by atoms with E-state index in [0.29, 0.717) is 12.2 Å². The summed E-state index contributed by atoms with van der Waals surface area (Å²) in [7, 11) is 0. The molecule has 0 spiro atoms. The maximum absolute atomic E-state index is 12.3. The van der Waals surface area contributed by atoms with Gasteiger partial charge in [-0.05, 0) is 86.0 Å². The molecule has 1 aliphatic heterocycles. The van der Waals surface area contributed by atoms with Crippen LogP contribution in [0.25, 0.3) is 33.3 Å². The van der Waals surface area contributed by atoms with Crippen LogP contribution in [-0.2, 0) is 4.74 Å². The van der Waals surface area contributed by atoms with Gasteiger partial charge in [0, 0.05) is 20.7 Å². The minimum atomic E-state index is -0.320. The maximum Gasteiger partial charge on any atom is 0.338 e. The zero-order valence-electron chi connectivity index (χ0n) is 24.3. The molecule has 5 aromatic carbocycles. The summed E-state index contributed by atoms with van der Waals surface area (Å²) in [5.41, 5.74) is 11.2. The lowest BCUT2D eigenvalue weighted by atomic mass is 9.94. The van der Waals surface area contributed by atoms with Gasteiger partial charge in [-0.1, -0.05) is 84.1 Å². The summed E-state index contributed by atoms with van der Waals surface area (Å²) in [4.78, 5) is 22.5. The molecular weight excluding hydrogens is 548 g/mol. The van der Waals surface area contributed by atoms with Crippen molar-refractivity contribution in [2.24, 2.45) is 0 Å². The van der Waals surface area contributed by atoms with Gasteiger partial charge < -0.3 is 9.64 Å². The van der Waals surface area contributed by atoms with Crippen LogP contribution in [0.2, 0.25) is 0 Å². The summed E-state index contributed by atoms with van der Waals surface area (Å²) in [6.07, 6.45) is 0. The molecule has 0 unspecified atom stereocenters. The number of carbonyl (C=O) groups is 1. The van der Waals surface area contributed by atoms with Crippen LogP contribution in [0.4, 0.5) is 17.1 Å². The molecule has 0 amide bonds. The van der Waals surface area contributed by atoms with Gasteiger partial charge >= 0.3 is 5.97 Å². The second kappa shape index (κ2) is 11.1. The van der Waals surface area contributed by atoms with Crippen molar-refractivity contribution >= 4 is 45.7 Å². The highest BCUT2D eigenvalue weighted by Gasteiger charge is 2.27. The molecule has 7 rings (SSSR count). The lowest BCUT2D eigenvalue weighted by molar-refractivity contribution is 0.0526. The summed E-state index contributed by atoms with van der Waals surface area (Å²) in [5, 5.41) is 1.13. The highest BCUT2D eigenvalue weighted by atomic mass is 32.2. The standard InChI is InChI=1S/C38H30N2O2S/c1-4-42-38(41)28-20-18-27(19-21-28)30-23-29(26-16-13-24(2)14-17-26)36-25(3)15-22-33(37(36)39-30)40-31-9-5-7-11-34(31)43-35-12-8-6-10-32(35)40/h5-23H,4H2,1-3H3. The fourth-order valence-corrected chi connectivity index (χ4v) is 6.80. The molecule has 0 fully saturated rings.